The number of nitrogens with zero attached hydrogens (tertiary/aromatic N) is 2. The van der Waals surface area contributed by atoms with E-state index < -0.39 is 17.2 Å². The Morgan fingerprint density at radius 2 is 1.89 bits per heavy atom. The van der Waals surface area contributed by atoms with Gasteiger partial charge >= 0.3 is 6.03 Å². The number of hydrogen-bond acceptors (Lipinski definition) is 5. The van der Waals surface area contributed by atoms with E-state index >= 15 is 0 Å². The summed E-state index contributed by atoms with van der Waals surface area (Å²) < 4.78 is 1.50. The summed E-state index contributed by atoms with van der Waals surface area (Å²) in [6.07, 6.45) is 0. The average molecular weight is 417 g/mol. The van der Waals surface area contributed by atoms with Gasteiger partial charge in [-0.25, -0.2) is 9.78 Å². The van der Waals surface area contributed by atoms with Crippen molar-refractivity contribution < 1.29 is 9.59 Å². The normalized spacial score (nSPS) is 11.9. The minimum absolute atomic E-state index is 0.217. The molecule has 7 nitrogen and oxygen atoms in total. The van der Waals surface area contributed by atoms with Gasteiger partial charge in [-0.05, 0) is 36.8 Å². The van der Waals surface area contributed by atoms with Crippen molar-refractivity contribution in [1.29, 1.82) is 0 Å². The van der Waals surface area contributed by atoms with Gasteiger partial charge in [-0.15, -0.1) is 0 Å². The molecule has 9 heteroatoms. The molecule has 2 aromatic carbocycles. The highest BCUT2D eigenvalue weighted by Crippen LogP contribution is 2.23. The molecule has 1 atom stereocenters. The molecule has 0 aliphatic carbocycles. The smallest absolute Gasteiger partial charge is 0.318 e. The molecule has 1 heterocycles. The standard InChI is InChI=1S/C19H17ClN4O3S/c1-11(16(25)23-18(21)27)28-19-22-15-5-3-2-4-14(15)17(26)24(19)10-12-6-8-13(20)9-7-12/h2-9,11H,10H2,1H3,(H3,21,23,25,27)/t11-/m1/s1. The van der Waals surface area contributed by atoms with Crippen LogP contribution in [0.15, 0.2) is 58.5 Å². The Labute approximate surface area is 169 Å². The van der Waals surface area contributed by atoms with Crippen molar-refractivity contribution in [1.82, 2.24) is 14.9 Å². The van der Waals surface area contributed by atoms with Gasteiger partial charge < -0.3 is 5.73 Å². The number of nitrogens with two attached hydrogens (primary N) is 1. The molecule has 0 bridgehead atoms. The predicted octanol–water partition coefficient (Wildman–Crippen LogP) is 2.77. The molecular weight excluding hydrogens is 400 g/mol. The predicted molar refractivity (Wildman–Crippen MR) is 110 cm³/mol. The Kier molecular flexibility index (Phi) is 6.01. The summed E-state index contributed by atoms with van der Waals surface area (Å²) in [5, 5.41) is 2.80. The summed E-state index contributed by atoms with van der Waals surface area (Å²) in [5.74, 6) is -0.557. The number of amides is 3. The van der Waals surface area contributed by atoms with E-state index in [1.807, 2.05) is 17.4 Å². The highest BCUT2D eigenvalue weighted by molar-refractivity contribution is 8.00. The molecule has 28 heavy (non-hydrogen) atoms. The van der Waals surface area contributed by atoms with Crippen molar-refractivity contribution in [3.8, 4) is 0 Å². The van der Waals surface area contributed by atoms with Crippen LogP contribution in [0.1, 0.15) is 12.5 Å². The maximum atomic E-state index is 13.1. The van der Waals surface area contributed by atoms with Gasteiger partial charge in [0.25, 0.3) is 5.56 Å². The van der Waals surface area contributed by atoms with Gasteiger partial charge in [0.1, 0.15) is 0 Å². The van der Waals surface area contributed by atoms with Crippen molar-refractivity contribution in [3.05, 3.63) is 69.5 Å². The number of carbonyl (C=O) groups excluding carboxylic acids is 2. The molecule has 3 N–H and O–H groups in total. The van der Waals surface area contributed by atoms with Crippen LogP contribution in [0.3, 0.4) is 0 Å². The third kappa shape index (κ3) is 4.52. The zero-order valence-electron chi connectivity index (χ0n) is 14.9. The van der Waals surface area contributed by atoms with Crippen LogP contribution in [0.5, 0.6) is 0 Å². The van der Waals surface area contributed by atoms with Crippen LogP contribution in [-0.4, -0.2) is 26.7 Å². The van der Waals surface area contributed by atoms with Crippen molar-refractivity contribution in [3.63, 3.8) is 0 Å². The lowest BCUT2D eigenvalue weighted by Gasteiger charge is -2.16. The van der Waals surface area contributed by atoms with E-state index in [1.54, 1.807) is 43.3 Å². The average Bonchev–Trinajstić information content (AvgIpc) is 2.66. The van der Waals surface area contributed by atoms with Crippen molar-refractivity contribution in [2.24, 2.45) is 5.73 Å². The highest BCUT2D eigenvalue weighted by atomic mass is 35.5. The van der Waals surface area contributed by atoms with Crippen LogP contribution in [0.2, 0.25) is 5.02 Å². The molecule has 3 amide bonds. The fourth-order valence-electron chi connectivity index (χ4n) is 2.58. The number of rotatable bonds is 5. The summed E-state index contributed by atoms with van der Waals surface area (Å²) in [7, 11) is 0. The number of aromatic nitrogens is 2. The second-order valence-corrected chi connectivity index (χ2v) is 7.79. The van der Waals surface area contributed by atoms with Gasteiger partial charge in [-0.2, -0.15) is 0 Å². The van der Waals surface area contributed by atoms with Gasteiger partial charge in [0.05, 0.1) is 22.7 Å². The number of carbonyl (C=O) groups is 2. The molecule has 0 aliphatic heterocycles. The van der Waals surface area contributed by atoms with Gasteiger partial charge in [0.2, 0.25) is 5.91 Å². The first-order valence-electron chi connectivity index (χ1n) is 8.36. The monoisotopic (exact) mass is 416 g/mol. The van der Waals surface area contributed by atoms with E-state index in [-0.39, 0.29) is 12.1 Å². The van der Waals surface area contributed by atoms with E-state index in [0.29, 0.717) is 21.1 Å². The van der Waals surface area contributed by atoms with E-state index in [2.05, 4.69) is 4.98 Å². The first-order chi connectivity index (χ1) is 13.3. The molecule has 3 aromatic rings. The number of nitrogens with one attached hydrogen (secondary N) is 1. The number of primary amides is 1. The zero-order chi connectivity index (χ0) is 20.3. The molecule has 144 valence electrons. The van der Waals surface area contributed by atoms with Crippen LogP contribution in [0.4, 0.5) is 4.79 Å². The second-order valence-electron chi connectivity index (χ2n) is 6.04. The molecule has 0 spiro atoms. The first kappa shape index (κ1) is 19.9. The molecule has 0 unspecified atom stereocenters. The van der Waals surface area contributed by atoms with Crippen molar-refractivity contribution >= 4 is 46.2 Å². The number of hydrogen-bond donors (Lipinski definition) is 2. The van der Waals surface area contributed by atoms with Gasteiger partial charge in [0, 0.05) is 5.02 Å². The quantitative estimate of drug-likeness (QED) is 0.491. The highest BCUT2D eigenvalue weighted by Gasteiger charge is 2.20. The van der Waals surface area contributed by atoms with Crippen LogP contribution >= 0.6 is 23.4 Å². The number of imide groups is 1. The summed E-state index contributed by atoms with van der Waals surface area (Å²) in [4.78, 5) is 40.6. The number of halogens is 1. The van der Waals surface area contributed by atoms with Crippen LogP contribution in [0.25, 0.3) is 10.9 Å². The van der Waals surface area contributed by atoms with Gasteiger partial charge in [0.15, 0.2) is 5.16 Å². The molecule has 0 aliphatic rings. The number of benzene rings is 2. The largest absolute Gasteiger partial charge is 0.351 e. The maximum absolute atomic E-state index is 13.1. The number of para-hydroxylation sites is 1. The lowest BCUT2D eigenvalue weighted by atomic mass is 10.2. The van der Waals surface area contributed by atoms with E-state index in [1.165, 1.54) is 4.57 Å². The molecule has 0 saturated heterocycles. The Bertz CT molecular complexity index is 1100. The molecule has 3 rings (SSSR count). The first-order valence-corrected chi connectivity index (χ1v) is 9.62. The van der Waals surface area contributed by atoms with Crippen molar-refractivity contribution in [2.75, 3.05) is 0 Å². The molecule has 0 saturated carbocycles. The molecule has 0 fully saturated rings. The number of urea groups is 1. The minimum Gasteiger partial charge on any atom is -0.351 e. The SMILES string of the molecule is C[C@@H](Sc1nc2ccccc2c(=O)n1Cc1ccc(Cl)cc1)C(=O)NC(N)=O. The summed E-state index contributed by atoms with van der Waals surface area (Å²) in [6.45, 7) is 1.87. The topological polar surface area (TPSA) is 107 Å². The minimum atomic E-state index is -0.928. The van der Waals surface area contributed by atoms with Crippen LogP contribution in [0, 0.1) is 0 Å². The number of fused-ring (bicyclic) bond motifs is 1. The zero-order valence-corrected chi connectivity index (χ0v) is 16.5. The lowest BCUT2D eigenvalue weighted by Crippen LogP contribution is -2.39. The molecule has 0 radical (unpaired) electrons. The Balaban J connectivity index is 2.03. The third-order valence-corrected chi connectivity index (χ3v) is 5.32. The van der Waals surface area contributed by atoms with E-state index in [4.69, 9.17) is 17.3 Å². The van der Waals surface area contributed by atoms with E-state index in [9.17, 15) is 14.4 Å². The Morgan fingerprint density at radius 1 is 1.21 bits per heavy atom. The Hall–Kier alpha value is -2.84. The van der Waals surface area contributed by atoms with Crippen molar-refractivity contribution in [2.45, 2.75) is 23.9 Å². The van der Waals surface area contributed by atoms with Gasteiger partial charge in [-0.3, -0.25) is 19.5 Å². The number of thioether (sulfide) groups is 1. The third-order valence-electron chi connectivity index (χ3n) is 3.98. The van der Waals surface area contributed by atoms with Gasteiger partial charge in [-0.1, -0.05) is 47.6 Å². The lowest BCUT2D eigenvalue weighted by molar-refractivity contribution is -0.119. The van der Waals surface area contributed by atoms with Crippen LogP contribution < -0.4 is 16.6 Å². The molecule has 1 aromatic heterocycles. The summed E-state index contributed by atoms with van der Waals surface area (Å²) in [6, 6.07) is 13.2. The Morgan fingerprint density at radius 3 is 2.57 bits per heavy atom. The summed E-state index contributed by atoms with van der Waals surface area (Å²) in [5.41, 5.74) is 6.18. The fourth-order valence-corrected chi connectivity index (χ4v) is 3.62. The second kappa shape index (κ2) is 8.45. The van der Waals surface area contributed by atoms with Crippen LogP contribution in [-0.2, 0) is 11.3 Å². The fraction of sp³-hybridized carbons (Fsp3) is 0.158. The van der Waals surface area contributed by atoms with E-state index in [0.717, 1.165) is 17.3 Å². The molecular formula is C19H17ClN4O3S. The maximum Gasteiger partial charge on any atom is 0.318 e. The summed E-state index contributed by atoms with van der Waals surface area (Å²) >= 11 is 7.01.